The van der Waals surface area contributed by atoms with E-state index in [1.807, 2.05) is 0 Å². The second-order valence-electron chi connectivity index (χ2n) is 10.3. The minimum absolute atomic E-state index is 0.334. The van der Waals surface area contributed by atoms with Gasteiger partial charge in [-0.2, -0.15) is 0 Å². The van der Waals surface area contributed by atoms with Crippen LogP contribution < -0.4 is 0 Å². The molecule has 0 rings (SSSR count). The molecular formula is C28H56O6. The smallest absolute Gasteiger partial charge is 0.251 e. The number of carbonyl (C=O) groups excluding carboxylic acids is 2. The highest BCUT2D eigenvalue weighted by Gasteiger charge is 2.09. The van der Waals surface area contributed by atoms with Gasteiger partial charge < -0.3 is 0 Å². The van der Waals surface area contributed by atoms with E-state index >= 15 is 0 Å². The third-order valence-electron chi connectivity index (χ3n) is 5.47. The Labute approximate surface area is 210 Å². The molecule has 6 nitrogen and oxygen atoms in total. The van der Waals surface area contributed by atoms with Gasteiger partial charge in [0.2, 0.25) is 0 Å². The van der Waals surface area contributed by atoms with E-state index in [-0.39, 0.29) is 0 Å². The van der Waals surface area contributed by atoms with Crippen molar-refractivity contribution in [2.45, 2.75) is 169 Å². The summed E-state index contributed by atoms with van der Waals surface area (Å²) in [6.07, 6.45) is 22.3. The molecule has 0 aliphatic carbocycles. The fourth-order valence-corrected chi connectivity index (χ4v) is 3.34. The van der Waals surface area contributed by atoms with Crippen LogP contribution in [0.25, 0.3) is 0 Å². The molecule has 204 valence electrons. The monoisotopic (exact) mass is 488 g/mol. The first-order valence-corrected chi connectivity index (χ1v) is 14.0. The van der Waals surface area contributed by atoms with E-state index in [4.69, 9.17) is 5.26 Å². The van der Waals surface area contributed by atoms with Gasteiger partial charge >= 0.3 is 11.9 Å². The van der Waals surface area contributed by atoms with Gasteiger partial charge in [-0.3, -0.25) is 5.26 Å². The van der Waals surface area contributed by atoms with Gasteiger partial charge in [-0.15, -0.1) is 0 Å². The van der Waals surface area contributed by atoms with Crippen LogP contribution >= 0.6 is 0 Å². The first kappa shape index (κ1) is 35.0. The van der Waals surface area contributed by atoms with E-state index in [1.165, 1.54) is 77.0 Å². The van der Waals surface area contributed by atoms with E-state index in [9.17, 15) is 9.59 Å². The molecule has 0 amide bonds. The van der Waals surface area contributed by atoms with Crippen LogP contribution in [0.1, 0.15) is 163 Å². The SMILES string of the molecule is CC(C)(C)OO.CCCCCCCCCCCC(=O)OOC(=O)CCCCCCCCCCC. The van der Waals surface area contributed by atoms with Crippen LogP contribution in [-0.2, 0) is 24.3 Å². The minimum Gasteiger partial charge on any atom is -0.251 e. The molecule has 34 heavy (non-hydrogen) atoms. The van der Waals surface area contributed by atoms with E-state index < -0.39 is 17.5 Å². The molecule has 0 saturated carbocycles. The highest BCUT2D eigenvalue weighted by Crippen LogP contribution is 2.12. The van der Waals surface area contributed by atoms with E-state index in [2.05, 4.69) is 28.5 Å². The average Bonchev–Trinajstić information content (AvgIpc) is 2.80. The average molecular weight is 489 g/mol. The lowest BCUT2D eigenvalue weighted by molar-refractivity contribution is -0.306. The van der Waals surface area contributed by atoms with Crippen LogP contribution in [0.4, 0.5) is 0 Å². The molecular weight excluding hydrogens is 432 g/mol. The Kier molecular flexibility index (Phi) is 27.3. The third kappa shape index (κ3) is 33.0. The Hall–Kier alpha value is -1.14. The summed E-state index contributed by atoms with van der Waals surface area (Å²) < 4.78 is 0. The number of hydrogen-bond acceptors (Lipinski definition) is 6. The molecule has 0 bridgehead atoms. The molecule has 0 aromatic carbocycles. The van der Waals surface area contributed by atoms with Crippen LogP contribution in [0.3, 0.4) is 0 Å². The molecule has 0 aliphatic rings. The summed E-state index contributed by atoms with van der Waals surface area (Å²) in [6, 6.07) is 0. The number of hydrogen-bond donors (Lipinski definition) is 1. The fourth-order valence-electron chi connectivity index (χ4n) is 3.34. The Morgan fingerprint density at radius 2 is 0.765 bits per heavy atom. The maximum absolute atomic E-state index is 11.6. The number of unbranched alkanes of at least 4 members (excludes halogenated alkanes) is 16. The standard InChI is InChI=1S/C24H46O4.C4H10O2/c1-3-5-7-9-11-13-15-17-19-21-23(25)27-28-24(26)22-20-18-16-14-12-10-8-6-4-2;1-4(2,3)6-5/h3-22H2,1-2H3;5H,1-3H3. The molecule has 0 aromatic heterocycles. The summed E-state index contributed by atoms with van der Waals surface area (Å²) in [5.74, 6) is -0.855. The van der Waals surface area contributed by atoms with Gasteiger partial charge in [0.05, 0.1) is 18.4 Å². The third-order valence-corrected chi connectivity index (χ3v) is 5.47. The normalized spacial score (nSPS) is 11.0. The predicted molar refractivity (Wildman–Crippen MR) is 139 cm³/mol. The van der Waals surface area contributed by atoms with Crippen molar-refractivity contribution in [3.05, 3.63) is 0 Å². The van der Waals surface area contributed by atoms with E-state index in [0.29, 0.717) is 12.8 Å². The summed E-state index contributed by atoms with van der Waals surface area (Å²) in [4.78, 5) is 36.3. The van der Waals surface area contributed by atoms with Crippen LogP contribution in [0, 0.1) is 0 Å². The molecule has 1 N–H and O–H groups in total. The Balaban J connectivity index is 0. The van der Waals surface area contributed by atoms with Gasteiger partial charge in [0.25, 0.3) is 0 Å². The predicted octanol–water partition coefficient (Wildman–Crippen LogP) is 9.10. The van der Waals surface area contributed by atoms with Crippen molar-refractivity contribution in [2.24, 2.45) is 0 Å². The number of carbonyl (C=O) groups is 2. The molecule has 0 fully saturated rings. The topological polar surface area (TPSA) is 82.1 Å². The molecule has 0 saturated heterocycles. The van der Waals surface area contributed by atoms with Crippen molar-refractivity contribution in [1.29, 1.82) is 0 Å². The van der Waals surface area contributed by atoms with Crippen molar-refractivity contribution >= 4 is 11.9 Å². The van der Waals surface area contributed by atoms with Gasteiger partial charge in [0.1, 0.15) is 0 Å². The lowest BCUT2D eigenvalue weighted by Crippen LogP contribution is -2.15. The molecule has 0 aliphatic heterocycles. The zero-order valence-electron chi connectivity index (χ0n) is 23.1. The largest absolute Gasteiger partial charge is 0.355 e. The van der Waals surface area contributed by atoms with Crippen LogP contribution in [-0.4, -0.2) is 22.8 Å². The number of rotatable bonds is 20. The van der Waals surface area contributed by atoms with Gasteiger partial charge in [0.15, 0.2) is 0 Å². The maximum atomic E-state index is 11.6. The van der Waals surface area contributed by atoms with Crippen LogP contribution in [0.15, 0.2) is 0 Å². The molecule has 0 heterocycles. The Bertz CT molecular complexity index is 411. The molecule has 0 spiro atoms. The maximum Gasteiger partial charge on any atom is 0.355 e. The minimum atomic E-state index is -0.427. The molecule has 0 atom stereocenters. The molecule has 6 heteroatoms. The van der Waals surface area contributed by atoms with Crippen molar-refractivity contribution in [3.8, 4) is 0 Å². The van der Waals surface area contributed by atoms with Gasteiger partial charge in [-0.25, -0.2) is 24.3 Å². The van der Waals surface area contributed by atoms with Crippen LogP contribution in [0.2, 0.25) is 0 Å². The molecule has 0 aromatic rings. The summed E-state index contributed by atoms with van der Waals surface area (Å²) in [5, 5.41) is 7.90. The first-order chi connectivity index (χ1) is 16.3. The second-order valence-corrected chi connectivity index (χ2v) is 10.3. The zero-order chi connectivity index (χ0) is 25.9. The summed E-state index contributed by atoms with van der Waals surface area (Å²) >= 11 is 0. The summed E-state index contributed by atoms with van der Waals surface area (Å²) in [7, 11) is 0. The highest BCUT2D eigenvalue weighted by atomic mass is 17.2. The van der Waals surface area contributed by atoms with Crippen molar-refractivity contribution < 1.29 is 29.5 Å². The van der Waals surface area contributed by atoms with Crippen molar-refractivity contribution in [3.63, 3.8) is 0 Å². The summed E-state index contributed by atoms with van der Waals surface area (Å²) in [5.41, 5.74) is -0.403. The van der Waals surface area contributed by atoms with Crippen molar-refractivity contribution in [2.75, 3.05) is 0 Å². The van der Waals surface area contributed by atoms with Gasteiger partial charge in [-0.05, 0) is 33.6 Å². The second kappa shape index (κ2) is 26.5. The Morgan fingerprint density at radius 3 is 1.00 bits per heavy atom. The zero-order valence-corrected chi connectivity index (χ0v) is 23.1. The van der Waals surface area contributed by atoms with E-state index in [1.54, 1.807) is 20.8 Å². The Morgan fingerprint density at radius 1 is 0.529 bits per heavy atom. The molecule has 0 radical (unpaired) electrons. The van der Waals surface area contributed by atoms with E-state index in [0.717, 1.165) is 38.5 Å². The lowest BCUT2D eigenvalue weighted by atomic mass is 10.1. The summed E-state index contributed by atoms with van der Waals surface area (Å²) in [6.45, 7) is 9.77. The quantitative estimate of drug-likeness (QED) is 0.104. The highest BCUT2D eigenvalue weighted by molar-refractivity contribution is 5.72. The van der Waals surface area contributed by atoms with Gasteiger partial charge in [-0.1, -0.05) is 117 Å². The van der Waals surface area contributed by atoms with Crippen LogP contribution in [0.5, 0.6) is 0 Å². The van der Waals surface area contributed by atoms with Gasteiger partial charge in [0, 0.05) is 0 Å². The molecule has 0 unspecified atom stereocenters. The lowest BCUT2D eigenvalue weighted by Gasteiger charge is -2.10. The first-order valence-electron chi connectivity index (χ1n) is 14.0. The fraction of sp³-hybridized carbons (Fsp3) is 0.929. The van der Waals surface area contributed by atoms with Crippen molar-refractivity contribution in [1.82, 2.24) is 0 Å².